The number of alkyl halides is 26. The van der Waals surface area contributed by atoms with Crippen LogP contribution in [0, 0.1) is 10.5 Å². The minimum absolute atomic E-state index is 0.503. The van der Waals surface area contributed by atoms with Crippen molar-refractivity contribution in [2.24, 2.45) is 0 Å². The van der Waals surface area contributed by atoms with Crippen LogP contribution >= 0.6 is 0 Å². The third-order valence-corrected chi connectivity index (χ3v) is 20.8. The maximum Gasteiger partial charge on any atom is 0.439 e. The van der Waals surface area contributed by atoms with Gasteiger partial charge in [-0.25, -0.2) is 34.7 Å². The summed E-state index contributed by atoms with van der Waals surface area (Å²) in [5, 5.41) is -26.8. The number of rotatable bonds is 10. The van der Waals surface area contributed by atoms with E-state index in [1.54, 1.807) is 0 Å². The molecule has 0 saturated carbocycles. The van der Waals surface area contributed by atoms with Gasteiger partial charge in [0.05, 0.1) is 11.0 Å². The second-order valence-corrected chi connectivity index (χ2v) is 24.7. The van der Waals surface area contributed by atoms with Gasteiger partial charge in [0.1, 0.15) is 42.5 Å². The van der Waals surface area contributed by atoms with E-state index >= 15 is 0 Å². The van der Waals surface area contributed by atoms with Gasteiger partial charge in [0.25, 0.3) is 0 Å². The first-order chi connectivity index (χ1) is 31.6. The highest BCUT2D eigenvalue weighted by Crippen LogP contribution is 2.60. The summed E-state index contributed by atoms with van der Waals surface area (Å²) in [7, 11) is -23.6. The van der Waals surface area contributed by atoms with Gasteiger partial charge in [-0.1, -0.05) is 0 Å². The van der Waals surface area contributed by atoms with Crippen molar-refractivity contribution in [1.29, 1.82) is 0 Å². The molecular weight excluding hydrogens is 1270 g/mol. The Labute approximate surface area is 393 Å². The fraction of sp³-hybridized carbons (Fsp3) is 0.905. The van der Waals surface area contributed by atoms with Gasteiger partial charge in [-0.05, 0) is 0 Å². The van der Waals surface area contributed by atoms with Crippen molar-refractivity contribution in [3.05, 3.63) is 16.0 Å². The molecule has 0 amide bonds. The molecule has 52 heteroatoms. The Bertz CT molecular complexity index is 2370. The average Bonchev–Trinajstić information content (AvgIpc) is 3.23. The molecule has 0 aromatic heterocycles. The summed E-state index contributed by atoms with van der Waals surface area (Å²) in [5.74, 6) is -10.8. The summed E-state index contributed by atoms with van der Waals surface area (Å²) in [6.45, 7) is 1.68. The molecule has 0 radical (unpaired) electrons. The van der Waals surface area contributed by atoms with E-state index in [0.717, 1.165) is 14.0 Å². The van der Waals surface area contributed by atoms with Crippen molar-refractivity contribution in [3.63, 3.8) is 0 Å². The zero-order valence-corrected chi connectivity index (χ0v) is 39.0. The Morgan fingerprint density at radius 2 is 0.795 bits per heavy atom. The monoisotopic (exact) mass is 1280 g/mol. The van der Waals surface area contributed by atoms with Crippen molar-refractivity contribution >= 4 is 72.6 Å². The van der Waals surface area contributed by atoms with E-state index in [0.29, 0.717) is 13.7 Å². The van der Waals surface area contributed by atoms with E-state index in [1.807, 2.05) is 0 Å². The van der Waals surface area contributed by atoms with Crippen molar-refractivity contribution in [1.82, 2.24) is 9.80 Å². The molecule has 4 saturated heterocycles. The molecule has 438 valence electrons. The number of sulfone groups is 4. The van der Waals surface area contributed by atoms with Gasteiger partial charge < -0.3 is 18.1 Å². The lowest BCUT2D eigenvalue weighted by atomic mass is 10.3. The number of nitrogens with zero attached hydrogens (tertiary/aromatic N) is 3. The van der Waals surface area contributed by atoms with Gasteiger partial charge in [-0.15, -0.1) is 7.05 Å². The highest BCUT2D eigenvalue weighted by Gasteiger charge is 2.87. The Morgan fingerprint density at radius 3 is 1.04 bits per heavy atom. The average molecular weight is 1280 g/mol. The van der Waals surface area contributed by atoms with Crippen molar-refractivity contribution < 1.29 is 183 Å². The molecule has 0 bridgehead atoms. The molecule has 19 nitrogen and oxygen atoms in total. The molecule has 4 aliphatic heterocycles. The highest BCUT2D eigenvalue weighted by molar-refractivity contribution is 8.29. The van der Waals surface area contributed by atoms with E-state index in [1.165, 1.54) is 0 Å². The summed E-state index contributed by atoms with van der Waals surface area (Å²) >= 11 is -9.54. The standard InChI is InChI=1S/C7H6F8NO3S.C6H5F8N2O3S.C4H2F6O4S2.C4H3F4O6S3/c1-2-18-20(17)3-16-4(8,9)6(12,13)19-7(14,15)5(16,10)11;1-15-19-20(17)2-16-3(7,8)5(11,12)18-6(13,14)4(16,9)10;5-2(6)3(7,8)15(11,12)1-16(13,14)4(2,9)10;1-14-15(9)2-16(10,11)3(5,6)4(7,8)17(2,12)13/h2H,3H2,1H3;2H2,1H3;1H2;1H3/q2*-1;;-1. The predicted octanol–water partition coefficient (Wildman–Crippen LogP) is 5.14. The van der Waals surface area contributed by atoms with Crippen LogP contribution in [0.1, 0.15) is 6.92 Å². The van der Waals surface area contributed by atoms with Crippen LogP contribution in [0.3, 0.4) is 0 Å². The van der Waals surface area contributed by atoms with Crippen LogP contribution < -0.4 is 0 Å². The lowest BCUT2D eigenvalue weighted by Gasteiger charge is -2.46. The Balaban J connectivity index is 0.000000489. The molecule has 4 heterocycles. The van der Waals surface area contributed by atoms with Crippen molar-refractivity contribution in [2.75, 3.05) is 31.0 Å². The van der Waals surface area contributed by atoms with E-state index in [2.05, 4.69) is 27.6 Å². The van der Waals surface area contributed by atoms with Crippen LogP contribution in [0.2, 0.25) is 0 Å². The molecule has 0 aliphatic carbocycles. The van der Waals surface area contributed by atoms with Crippen LogP contribution in [0.25, 0.3) is 5.48 Å². The summed E-state index contributed by atoms with van der Waals surface area (Å²) < 4.78 is 465. The molecule has 0 N–H and O–H groups in total. The van der Waals surface area contributed by atoms with Crippen LogP contribution in [0.15, 0.2) is 0 Å². The van der Waals surface area contributed by atoms with Crippen molar-refractivity contribution in [3.8, 4) is 0 Å². The van der Waals surface area contributed by atoms with E-state index < -0.39 is 179 Å². The number of hydrogen-bond donors (Lipinski definition) is 0. The van der Waals surface area contributed by atoms with E-state index in [-0.39, 0.29) is 0 Å². The van der Waals surface area contributed by atoms with Crippen LogP contribution in [0.4, 0.5) is 114 Å². The quantitative estimate of drug-likeness (QED) is 0.119. The molecular formula is C21H16F26N3O16S7-3. The van der Waals surface area contributed by atoms with E-state index in [9.17, 15) is 160 Å². The maximum atomic E-state index is 13.1. The van der Waals surface area contributed by atoms with Gasteiger partial charge >= 0.3 is 75.6 Å². The molecule has 3 unspecified atom stereocenters. The molecule has 4 aliphatic rings. The van der Waals surface area contributed by atoms with Crippen LogP contribution in [-0.4, -0.2) is 163 Å². The SMILES string of the molecule is COS(=O)[C-]1S(=O)(=O)C(F)(F)C(F)(F)S1(=O)=O.C[CH-]OS(=O)CN1C(F)(F)C(F)(F)OC(F)(F)C1(F)F.C[N-]OS(=O)CN1C(F)(F)C(F)(F)OC(F)(F)C1(F)F.O=S1(=O)CS(=O)(=O)C(F)(F)C(F)(F)C1(F)F. The Morgan fingerprint density at radius 1 is 0.521 bits per heavy atom. The molecule has 73 heavy (non-hydrogen) atoms. The number of halogens is 26. The molecule has 0 aromatic rings. The summed E-state index contributed by atoms with van der Waals surface area (Å²) in [6, 6.07) is -23.4. The van der Waals surface area contributed by atoms with Gasteiger partial charge in [-0.3, -0.25) is 21.0 Å². The minimum atomic E-state index is -6.50. The third-order valence-electron chi connectivity index (χ3n) is 7.66. The van der Waals surface area contributed by atoms with Crippen molar-refractivity contribution in [2.45, 2.75) is 82.5 Å². The fourth-order valence-corrected chi connectivity index (χ4v) is 15.7. The highest BCUT2D eigenvalue weighted by atomic mass is 32.3. The number of morpholine rings is 2. The second-order valence-electron chi connectivity index (χ2n) is 12.4. The molecule has 4 fully saturated rings. The first kappa shape index (κ1) is 69.1. The molecule has 0 aromatic carbocycles. The van der Waals surface area contributed by atoms with Gasteiger partial charge in [0, 0.05) is 11.1 Å². The zero-order chi connectivity index (χ0) is 59.0. The lowest BCUT2D eigenvalue weighted by molar-refractivity contribution is -0.560. The smallest absolute Gasteiger partial charge is 0.439 e. The predicted molar refractivity (Wildman–Crippen MR) is 177 cm³/mol. The lowest BCUT2D eigenvalue weighted by Crippen LogP contribution is -2.74. The number of hydroxylamine groups is 1. The minimum Gasteiger partial charge on any atom is -0.521 e. The largest absolute Gasteiger partial charge is 0.521 e. The summed E-state index contributed by atoms with van der Waals surface area (Å²) in [6.07, 6.45) is -23.7. The van der Waals surface area contributed by atoms with E-state index in [4.69, 9.17) is 0 Å². The second kappa shape index (κ2) is 20.4. The molecule has 0 spiro atoms. The van der Waals surface area contributed by atoms with Gasteiger partial charge in [-0.2, -0.15) is 137 Å². The Kier molecular flexibility index (Phi) is 19.3. The summed E-state index contributed by atoms with van der Waals surface area (Å²) in [4.78, 5) is -3.87. The van der Waals surface area contributed by atoms with Gasteiger partial charge in [0.2, 0.25) is 19.7 Å². The van der Waals surface area contributed by atoms with Gasteiger partial charge in [0.15, 0.2) is 16.2 Å². The van der Waals surface area contributed by atoms with Crippen LogP contribution in [-0.2, 0) is 94.7 Å². The van der Waals surface area contributed by atoms with Crippen LogP contribution in [0.5, 0.6) is 0 Å². The zero-order valence-electron chi connectivity index (χ0n) is 33.3. The number of hydrogen-bond acceptors (Lipinski definition) is 18. The first-order valence-electron chi connectivity index (χ1n) is 15.8. The third kappa shape index (κ3) is 11.1. The topological polar surface area (TPSA) is 254 Å². The fourth-order valence-electron chi connectivity index (χ4n) is 4.15. The maximum absolute atomic E-state index is 13.1. The molecule has 3 atom stereocenters. The Hall–Kier alpha value is -1.89. The molecule has 4 rings (SSSR count). The normalized spacial score (nSPS) is 30.4. The first-order valence-corrected chi connectivity index (χ1v) is 25.6. The number of ether oxygens (including phenoxy) is 2. The summed E-state index contributed by atoms with van der Waals surface area (Å²) in [5.41, 5.74) is 2.65.